The highest BCUT2D eigenvalue weighted by Crippen LogP contribution is 2.40. The molecule has 21 heavy (non-hydrogen) atoms. The fraction of sp³-hybridized carbons (Fsp3) is 0.0833. The van der Waals surface area contributed by atoms with Crippen LogP contribution in [0.4, 0.5) is 11.4 Å². The van der Waals surface area contributed by atoms with Crippen molar-refractivity contribution in [3.05, 3.63) is 45.4 Å². The molecule has 0 saturated heterocycles. The molecule has 8 nitrogen and oxygen atoms in total. The number of fused-ring (bicyclic) bond motifs is 1. The van der Waals surface area contributed by atoms with Crippen molar-refractivity contribution in [2.24, 2.45) is 0 Å². The van der Waals surface area contributed by atoms with Gasteiger partial charge in [-0.15, -0.1) is 0 Å². The Balaban J connectivity index is 1.96. The van der Waals surface area contributed by atoms with E-state index in [1.807, 2.05) is 0 Å². The molecule has 0 bridgehead atoms. The van der Waals surface area contributed by atoms with Crippen LogP contribution >= 0.6 is 11.6 Å². The summed E-state index contributed by atoms with van der Waals surface area (Å²) < 4.78 is 15.0. The van der Waals surface area contributed by atoms with Gasteiger partial charge in [0.1, 0.15) is 5.69 Å². The minimum Gasteiger partial charge on any atom is -0.454 e. The van der Waals surface area contributed by atoms with Gasteiger partial charge in [0.25, 0.3) is 11.6 Å². The number of anilines is 1. The van der Waals surface area contributed by atoms with Crippen LogP contribution in [-0.4, -0.2) is 17.6 Å². The van der Waals surface area contributed by atoms with Crippen LogP contribution in [-0.2, 0) is 0 Å². The largest absolute Gasteiger partial charge is 0.454 e. The first-order valence-corrected chi connectivity index (χ1v) is 6.06. The van der Waals surface area contributed by atoms with Gasteiger partial charge in [0, 0.05) is 6.07 Å². The molecule has 1 aromatic heterocycles. The first-order valence-electron chi connectivity index (χ1n) is 5.68. The molecule has 0 radical (unpaired) electrons. The number of carbonyl (C=O) groups is 1. The molecule has 0 unspecified atom stereocenters. The van der Waals surface area contributed by atoms with Gasteiger partial charge >= 0.3 is 0 Å². The smallest absolute Gasteiger partial charge is 0.296 e. The number of nitrogens with zero attached hydrogens (tertiary/aromatic N) is 1. The van der Waals surface area contributed by atoms with Crippen molar-refractivity contribution in [1.82, 2.24) is 0 Å². The molecule has 2 heterocycles. The maximum atomic E-state index is 12.0. The topological polar surface area (TPSA) is 104 Å². The third kappa shape index (κ3) is 2.36. The molecule has 1 aromatic carbocycles. The van der Waals surface area contributed by atoms with Gasteiger partial charge in [-0.3, -0.25) is 14.9 Å². The Bertz CT molecular complexity index is 741. The summed E-state index contributed by atoms with van der Waals surface area (Å²) in [6.45, 7) is -0.0303. The number of nitrogens with one attached hydrogen (secondary N) is 1. The molecule has 0 fully saturated rings. The van der Waals surface area contributed by atoms with E-state index < -0.39 is 10.8 Å². The number of rotatable bonds is 3. The van der Waals surface area contributed by atoms with Gasteiger partial charge in [0.05, 0.1) is 22.8 Å². The number of nitro groups is 1. The lowest BCUT2D eigenvalue weighted by atomic mass is 10.2. The number of nitro benzene ring substituents is 1. The SMILES string of the molecule is O=C(Nc1cc2c(cc1[N+](=O)[O-])OCO2)c1ccoc1Cl. The van der Waals surface area contributed by atoms with Gasteiger partial charge in [0.15, 0.2) is 11.5 Å². The number of hydrogen-bond donors (Lipinski definition) is 1. The number of halogens is 1. The predicted molar refractivity (Wildman–Crippen MR) is 70.9 cm³/mol. The molecule has 0 aliphatic carbocycles. The number of hydrogen-bond acceptors (Lipinski definition) is 6. The van der Waals surface area contributed by atoms with Gasteiger partial charge in [-0.1, -0.05) is 0 Å². The fourth-order valence-electron chi connectivity index (χ4n) is 1.83. The maximum absolute atomic E-state index is 12.0. The average molecular weight is 311 g/mol. The lowest BCUT2D eigenvalue weighted by Gasteiger charge is -2.06. The summed E-state index contributed by atoms with van der Waals surface area (Å²) in [4.78, 5) is 22.5. The summed E-state index contributed by atoms with van der Waals surface area (Å²) in [6.07, 6.45) is 1.24. The highest BCUT2D eigenvalue weighted by molar-refractivity contribution is 6.32. The van der Waals surface area contributed by atoms with Crippen molar-refractivity contribution in [1.29, 1.82) is 0 Å². The zero-order chi connectivity index (χ0) is 15.0. The van der Waals surface area contributed by atoms with E-state index in [-0.39, 0.29) is 34.7 Å². The maximum Gasteiger partial charge on any atom is 0.296 e. The van der Waals surface area contributed by atoms with Crippen molar-refractivity contribution < 1.29 is 23.6 Å². The Kier molecular flexibility index (Phi) is 3.15. The number of amides is 1. The Morgan fingerprint density at radius 3 is 2.67 bits per heavy atom. The molecule has 108 valence electrons. The van der Waals surface area contributed by atoms with E-state index in [0.717, 1.165) is 0 Å². The molecule has 9 heteroatoms. The summed E-state index contributed by atoms with van der Waals surface area (Å²) >= 11 is 5.69. The predicted octanol–water partition coefficient (Wildman–Crippen LogP) is 2.82. The van der Waals surface area contributed by atoms with Gasteiger partial charge in [-0.25, -0.2) is 0 Å². The molecule has 1 aliphatic heterocycles. The van der Waals surface area contributed by atoms with Gasteiger partial charge in [0.2, 0.25) is 12.0 Å². The lowest BCUT2D eigenvalue weighted by molar-refractivity contribution is -0.384. The molecule has 0 saturated carbocycles. The van der Waals surface area contributed by atoms with Crippen molar-refractivity contribution >= 4 is 28.9 Å². The van der Waals surface area contributed by atoms with Crippen LogP contribution in [0.5, 0.6) is 11.5 Å². The number of ether oxygens (including phenoxy) is 2. The molecule has 1 aliphatic rings. The lowest BCUT2D eigenvalue weighted by Crippen LogP contribution is -2.12. The Hall–Kier alpha value is -2.74. The van der Waals surface area contributed by atoms with Crippen LogP contribution in [0.3, 0.4) is 0 Å². The number of benzene rings is 1. The Morgan fingerprint density at radius 1 is 1.33 bits per heavy atom. The van der Waals surface area contributed by atoms with E-state index in [9.17, 15) is 14.9 Å². The van der Waals surface area contributed by atoms with Crippen LogP contribution in [0.15, 0.2) is 28.9 Å². The molecule has 3 rings (SSSR count). The molecule has 0 atom stereocenters. The molecular formula is C12H7ClN2O6. The zero-order valence-corrected chi connectivity index (χ0v) is 11.0. The van der Waals surface area contributed by atoms with Crippen LogP contribution in [0, 0.1) is 10.1 Å². The molecule has 1 N–H and O–H groups in total. The van der Waals surface area contributed by atoms with E-state index in [4.69, 9.17) is 25.5 Å². The minimum atomic E-state index is -0.630. The van der Waals surface area contributed by atoms with Gasteiger partial charge in [-0.05, 0) is 17.7 Å². The quantitative estimate of drug-likeness (QED) is 0.690. The van der Waals surface area contributed by atoms with Gasteiger partial charge in [-0.2, -0.15) is 0 Å². The fourth-order valence-corrected chi connectivity index (χ4v) is 2.03. The number of carbonyl (C=O) groups excluding carboxylic acids is 1. The van der Waals surface area contributed by atoms with Crippen molar-refractivity contribution in [2.75, 3.05) is 12.1 Å². The molecule has 1 amide bonds. The molecule has 0 spiro atoms. The van der Waals surface area contributed by atoms with Gasteiger partial charge < -0.3 is 19.2 Å². The first-order chi connectivity index (χ1) is 10.1. The third-order valence-corrected chi connectivity index (χ3v) is 3.09. The highest BCUT2D eigenvalue weighted by Gasteiger charge is 2.25. The number of furan rings is 1. The van der Waals surface area contributed by atoms with Crippen LogP contribution in [0.2, 0.25) is 5.22 Å². The standard InChI is InChI=1S/C12H7ClN2O6/c13-11-6(1-2-19-11)12(16)14-7-3-9-10(21-5-20-9)4-8(7)15(17)18/h1-4H,5H2,(H,14,16). The van der Waals surface area contributed by atoms with Crippen molar-refractivity contribution in [3.63, 3.8) is 0 Å². The molecule has 2 aromatic rings. The molecular weight excluding hydrogens is 304 g/mol. The summed E-state index contributed by atoms with van der Waals surface area (Å²) in [5.41, 5.74) is -0.262. The van der Waals surface area contributed by atoms with Crippen LogP contribution in [0.1, 0.15) is 10.4 Å². The monoisotopic (exact) mass is 310 g/mol. The van der Waals surface area contributed by atoms with E-state index >= 15 is 0 Å². The van der Waals surface area contributed by atoms with E-state index in [1.54, 1.807) is 0 Å². The first kappa shape index (κ1) is 13.3. The Morgan fingerprint density at radius 2 is 2.05 bits per heavy atom. The Labute approximate surface area is 122 Å². The second-order valence-electron chi connectivity index (χ2n) is 4.04. The van der Waals surface area contributed by atoms with Crippen LogP contribution in [0.25, 0.3) is 0 Å². The summed E-state index contributed by atoms with van der Waals surface area (Å²) in [7, 11) is 0. The van der Waals surface area contributed by atoms with E-state index in [2.05, 4.69) is 5.32 Å². The normalized spacial score (nSPS) is 12.2. The average Bonchev–Trinajstić information content (AvgIpc) is 3.05. The van der Waals surface area contributed by atoms with Crippen molar-refractivity contribution in [3.8, 4) is 11.5 Å². The third-order valence-electron chi connectivity index (χ3n) is 2.80. The van der Waals surface area contributed by atoms with Crippen molar-refractivity contribution in [2.45, 2.75) is 0 Å². The zero-order valence-electron chi connectivity index (χ0n) is 10.3. The summed E-state index contributed by atoms with van der Waals surface area (Å²) in [5.74, 6) is -0.0639. The van der Waals surface area contributed by atoms with E-state index in [0.29, 0.717) is 5.75 Å². The second-order valence-corrected chi connectivity index (χ2v) is 4.39. The minimum absolute atomic E-state index is 0.0217. The summed E-state index contributed by atoms with van der Waals surface area (Å²) in [5, 5.41) is 13.4. The second kappa shape index (κ2) is 4.98. The van der Waals surface area contributed by atoms with E-state index in [1.165, 1.54) is 24.5 Å². The summed E-state index contributed by atoms with van der Waals surface area (Å²) in [6, 6.07) is 3.87. The van der Waals surface area contributed by atoms with Crippen LogP contribution < -0.4 is 14.8 Å². The highest BCUT2D eigenvalue weighted by atomic mass is 35.5.